The van der Waals surface area contributed by atoms with Crippen LogP contribution in [-0.4, -0.2) is 15.3 Å². The van der Waals surface area contributed by atoms with E-state index in [1.54, 1.807) is 23.9 Å². The van der Waals surface area contributed by atoms with Gasteiger partial charge in [-0.25, -0.2) is 4.98 Å². The zero-order valence-corrected chi connectivity index (χ0v) is 17.8. The summed E-state index contributed by atoms with van der Waals surface area (Å²) in [5.41, 5.74) is 3.82. The van der Waals surface area contributed by atoms with Crippen LogP contribution in [0.4, 0.5) is 0 Å². The molecule has 0 saturated carbocycles. The number of hydrogen-bond acceptors (Lipinski definition) is 4. The number of aromatic nitrogens is 2. The van der Waals surface area contributed by atoms with E-state index in [1.165, 1.54) is 0 Å². The topological polar surface area (TPSA) is 44.1 Å². The maximum atomic E-state index is 13.0. The van der Waals surface area contributed by atoms with Gasteiger partial charge < -0.3 is 9.30 Å². The SMILES string of the molecule is O=C1/C(=C/c2cccs2)CCc2cc(OC(Cn3ccnc3)c3ccccc3)ccc21. The smallest absolute Gasteiger partial charge is 0.189 e. The maximum absolute atomic E-state index is 13.0. The molecule has 4 nitrogen and oxygen atoms in total. The second-order valence-corrected chi connectivity index (χ2v) is 8.59. The maximum Gasteiger partial charge on any atom is 0.189 e. The first kappa shape index (κ1) is 19.5. The van der Waals surface area contributed by atoms with Crippen molar-refractivity contribution in [3.05, 3.63) is 112 Å². The van der Waals surface area contributed by atoms with E-state index in [0.29, 0.717) is 6.54 Å². The summed E-state index contributed by atoms with van der Waals surface area (Å²) in [4.78, 5) is 18.3. The van der Waals surface area contributed by atoms with Gasteiger partial charge in [0.05, 0.1) is 12.9 Å². The number of carbonyl (C=O) groups is 1. The molecule has 0 radical (unpaired) electrons. The van der Waals surface area contributed by atoms with Crippen LogP contribution in [0.15, 0.2) is 90.3 Å². The van der Waals surface area contributed by atoms with Crippen LogP contribution in [0.1, 0.15) is 38.9 Å². The van der Waals surface area contributed by atoms with Crippen molar-refractivity contribution in [2.24, 2.45) is 0 Å². The Labute approximate surface area is 185 Å². The number of aryl methyl sites for hydroxylation is 1. The van der Waals surface area contributed by atoms with Crippen molar-refractivity contribution < 1.29 is 9.53 Å². The lowest BCUT2D eigenvalue weighted by Gasteiger charge is -2.23. The number of ether oxygens (including phenoxy) is 1. The van der Waals surface area contributed by atoms with Crippen molar-refractivity contribution in [1.29, 1.82) is 0 Å². The van der Waals surface area contributed by atoms with E-state index in [-0.39, 0.29) is 11.9 Å². The molecule has 5 heteroatoms. The Balaban J connectivity index is 1.39. The van der Waals surface area contributed by atoms with E-state index >= 15 is 0 Å². The summed E-state index contributed by atoms with van der Waals surface area (Å²) in [5.74, 6) is 0.908. The molecule has 154 valence electrons. The Morgan fingerprint density at radius 2 is 2.00 bits per heavy atom. The summed E-state index contributed by atoms with van der Waals surface area (Å²) in [6.07, 6.45) is 8.97. The quantitative estimate of drug-likeness (QED) is 0.356. The molecule has 0 fully saturated rings. The van der Waals surface area contributed by atoms with Crippen LogP contribution in [0.2, 0.25) is 0 Å². The van der Waals surface area contributed by atoms with Crippen molar-refractivity contribution in [2.75, 3.05) is 0 Å². The number of imidazole rings is 1. The Morgan fingerprint density at radius 1 is 1.10 bits per heavy atom. The minimum atomic E-state index is -0.151. The van der Waals surface area contributed by atoms with Crippen molar-refractivity contribution in [3.63, 3.8) is 0 Å². The molecule has 0 amide bonds. The predicted molar refractivity (Wildman–Crippen MR) is 123 cm³/mol. The van der Waals surface area contributed by atoms with Crippen LogP contribution in [-0.2, 0) is 13.0 Å². The van der Waals surface area contributed by atoms with Crippen LogP contribution < -0.4 is 4.74 Å². The van der Waals surface area contributed by atoms with Gasteiger partial charge in [-0.15, -0.1) is 11.3 Å². The summed E-state index contributed by atoms with van der Waals surface area (Å²) in [6, 6.07) is 20.1. The molecule has 0 N–H and O–H groups in total. The fourth-order valence-corrected chi connectivity index (χ4v) is 4.62. The van der Waals surface area contributed by atoms with Crippen molar-refractivity contribution in [3.8, 4) is 5.75 Å². The Kier molecular flexibility index (Phi) is 5.50. The van der Waals surface area contributed by atoms with Gasteiger partial charge in [0.15, 0.2) is 5.78 Å². The van der Waals surface area contributed by atoms with Gasteiger partial charge in [0.1, 0.15) is 11.9 Å². The number of fused-ring (bicyclic) bond motifs is 1. The van der Waals surface area contributed by atoms with E-state index in [1.807, 2.05) is 70.8 Å². The molecule has 4 aromatic rings. The van der Waals surface area contributed by atoms with Gasteiger partial charge in [0.25, 0.3) is 0 Å². The largest absolute Gasteiger partial charge is 0.484 e. The fraction of sp³-hybridized carbons (Fsp3) is 0.154. The third-order valence-corrected chi connectivity index (χ3v) is 6.34. The minimum absolute atomic E-state index is 0.124. The number of carbonyl (C=O) groups excluding carboxylic acids is 1. The van der Waals surface area contributed by atoms with Crippen LogP contribution in [0.3, 0.4) is 0 Å². The van der Waals surface area contributed by atoms with Gasteiger partial charge in [0, 0.05) is 28.4 Å². The molecule has 2 heterocycles. The number of nitrogens with zero attached hydrogens (tertiary/aromatic N) is 2. The van der Waals surface area contributed by atoms with Crippen LogP contribution in [0, 0.1) is 0 Å². The first-order valence-electron chi connectivity index (χ1n) is 10.4. The molecule has 0 saturated heterocycles. The fourth-order valence-electron chi connectivity index (χ4n) is 3.94. The molecule has 5 rings (SSSR count). The van der Waals surface area contributed by atoms with E-state index in [4.69, 9.17) is 4.74 Å². The van der Waals surface area contributed by atoms with Gasteiger partial charge in [-0.05, 0) is 59.7 Å². The highest BCUT2D eigenvalue weighted by atomic mass is 32.1. The molecule has 31 heavy (non-hydrogen) atoms. The number of rotatable bonds is 6. The first-order chi connectivity index (χ1) is 15.3. The third-order valence-electron chi connectivity index (χ3n) is 5.52. The lowest BCUT2D eigenvalue weighted by atomic mass is 9.86. The third kappa shape index (κ3) is 4.37. The highest BCUT2D eigenvalue weighted by molar-refractivity contribution is 7.10. The Bertz CT molecular complexity index is 1200. The lowest BCUT2D eigenvalue weighted by Crippen LogP contribution is -2.16. The minimum Gasteiger partial charge on any atom is -0.484 e. The van der Waals surface area contributed by atoms with Gasteiger partial charge in [0.2, 0.25) is 0 Å². The van der Waals surface area contributed by atoms with Gasteiger partial charge >= 0.3 is 0 Å². The standard InChI is InChI=1S/C26H22N2O2S/c29-26-21(16-23-7-4-14-31-23)9-8-20-15-22(10-11-24(20)26)30-25(17-28-13-12-27-18-28)19-5-2-1-3-6-19/h1-7,10-16,18,25H,8-9,17H2/b21-16+. The summed E-state index contributed by atoms with van der Waals surface area (Å²) in [6.45, 7) is 0.660. The average molecular weight is 427 g/mol. The molecular weight excluding hydrogens is 404 g/mol. The number of ketones is 1. The second-order valence-electron chi connectivity index (χ2n) is 7.61. The lowest BCUT2D eigenvalue weighted by molar-refractivity contribution is 0.102. The highest BCUT2D eigenvalue weighted by Gasteiger charge is 2.23. The van der Waals surface area contributed by atoms with E-state index in [9.17, 15) is 4.79 Å². The average Bonchev–Trinajstić information content (AvgIpc) is 3.50. The summed E-state index contributed by atoms with van der Waals surface area (Å²) in [5, 5.41) is 2.03. The highest BCUT2D eigenvalue weighted by Crippen LogP contribution is 2.32. The zero-order valence-electron chi connectivity index (χ0n) is 17.0. The predicted octanol–water partition coefficient (Wildman–Crippen LogP) is 5.98. The molecule has 0 bridgehead atoms. The summed E-state index contributed by atoms with van der Waals surface area (Å²) in [7, 11) is 0. The molecule has 1 atom stereocenters. The van der Waals surface area contributed by atoms with Crippen molar-refractivity contribution in [1.82, 2.24) is 9.55 Å². The molecule has 1 aliphatic carbocycles. The molecule has 1 aliphatic rings. The molecule has 0 aliphatic heterocycles. The normalized spacial score (nSPS) is 15.6. The second kappa shape index (κ2) is 8.74. The van der Waals surface area contributed by atoms with Crippen LogP contribution >= 0.6 is 11.3 Å². The monoisotopic (exact) mass is 426 g/mol. The van der Waals surface area contributed by atoms with Gasteiger partial charge in [-0.2, -0.15) is 0 Å². The number of benzene rings is 2. The molecular formula is C26H22N2O2S. The van der Waals surface area contributed by atoms with Gasteiger partial charge in [-0.3, -0.25) is 4.79 Å². The van der Waals surface area contributed by atoms with Crippen molar-refractivity contribution >= 4 is 23.2 Å². The zero-order chi connectivity index (χ0) is 21.0. The number of hydrogen-bond donors (Lipinski definition) is 0. The molecule has 2 aromatic heterocycles. The van der Waals surface area contributed by atoms with E-state index < -0.39 is 0 Å². The first-order valence-corrected chi connectivity index (χ1v) is 11.2. The summed E-state index contributed by atoms with van der Waals surface area (Å²) < 4.78 is 8.43. The number of Topliss-reactive ketones (excluding diaryl/α,β-unsaturated/α-hetero) is 1. The molecule has 1 unspecified atom stereocenters. The van der Waals surface area contributed by atoms with E-state index in [0.717, 1.165) is 45.7 Å². The Hall–Kier alpha value is -3.44. The number of allylic oxidation sites excluding steroid dienone is 1. The van der Waals surface area contributed by atoms with Crippen LogP contribution in [0.25, 0.3) is 6.08 Å². The van der Waals surface area contributed by atoms with Crippen molar-refractivity contribution in [2.45, 2.75) is 25.5 Å². The molecule has 0 spiro atoms. The van der Waals surface area contributed by atoms with Crippen LogP contribution in [0.5, 0.6) is 5.75 Å². The number of thiophene rings is 1. The Morgan fingerprint density at radius 3 is 2.77 bits per heavy atom. The summed E-state index contributed by atoms with van der Waals surface area (Å²) >= 11 is 1.65. The van der Waals surface area contributed by atoms with E-state index in [2.05, 4.69) is 17.1 Å². The molecule has 2 aromatic carbocycles. The van der Waals surface area contributed by atoms with Gasteiger partial charge in [-0.1, -0.05) is 36.4 Å².